The molecule has 6 nitrogen and oxygen atoms in total. The van der Waals surface area contributed by atoms with Crippen molar-refractivity contribution in [3.8, 4) is 5.75 Å². The number of pyridine rings is 1. The Hall–Kier alpha value is -1.66. The standard InChI is InChI=1S/C12H19N3O3/c1-16-5-2-6-17-7-8-18-10-3-4-15-11(9-10)12(13)14/h3-4,9H,2,5-8H2,1H3,(H3,13,14). The van der Waals surface area contributed by atoms with E-state index in [1.807, 2.05) is 0 Å². The summed E-state index contributed by atoms with van der Waals surface area (Å²) in [7, 11) is 1.67. The predicted octanol–water partition coefficient (Wildman–Crippen LogP) is 0.798. The van der Waals surface area contributed by atoms with Gasteiger partial charge >= 0.3 is 0 Å². The summed E-state index contributed by atoms with van der Waals surface area (Å²) < 4.78 is 15.7. The van der Waals surface area contributed by atoms with E-state index < -0.39 is 0 Å². The molecule has 0 fully saturated rings. The Bertz CT molecular complexity index is 371. The van der Waals surface area contributed by atoms with Gasteiger partial charge in [0.1, 0.15) is 23.9 Å². The van der Waals surface area contributed by atoms with E-state index in [0.29, 0.717) is 37.9 Å². The van der Waals surface area contributed by atoms with Crippen LogP contribution in [-0.4, -0.2) is 44.4 Å². The maximum absolute atomic E-state index is 7.26. The van der Waals surface area contributed by atoms with Gasteiger partial charge in [0, 0.05) is 32.6 Å². The van der Waals surface area contributed by atoms with Crippen molar-refractivity contribution in [1.29, 1.82) is 5.41 Å². The molecule has 1 aromatic heterocycles. The number of hydrogen-bond donors (Lipinski definition) is 2. The lowest BCUT2D eigenvalue weighted by Gasteiger charge is -2.07. The van der Waals surface area contributed by atoms with E-state index in [9.17, 15) is 0 Å². The van der Waals surface area contributed by atoms with Crippen LogP contribution in [-0.2, 0) is 9.47 Å². The van der Waals surface area contributed by atoms with Gasteiger partial charge in [0.25, 0.3) is 0 Å². The lowest BCUT2D eigenvalue weighted by Crippen LogP contribution is -2.13. The molecule has 0 bridgehead atoms. The number of nitrogens with zero attached hydrogens (tertiary/aromatic N) is 1. The smallest absolute Gasteiger partial charge is 0.141 e. The summed E-state index contributed by atoms with van der Waals surface area (Å²) in [6, 6.07) is 3.35. The third kappa shape index (κ3) is 5.60. The highest BCUT2D eigenvalue weighted by molar-refractivity contribution is 5.93. The number of nitrogen functional groups attached to an aromatic ring is 1. The van der Waals surface area contributed by atoms with Crippen molar-refractivity contribution in [3.63, 3.8) is 0 Å². The Morgan fingerprint density at radius 3 is 2.89 bits per heavy atom. The molecule has 0 aromatic carbocycles. The van der Waals surface area contributed by atoms with Crippen molar-refractivity contribution in [1.82, 2.24) is 4.98 Å². The topological polar surface area (TPSA) is 90.5 Å². The zero-order valence-electron chi connectivity index (χ0n) is 10.5. The second-order valence-corrected chi connectivity index (χ2v) is 3.60. The Morgan fingerprint density at radius 1 is 1.33 bits per heavy atom. The Kier molecular flexibility index (Phi) is 6.75. The summed E-state index contributed by atoms with van der Waals surface area (Å²) >= 11 is 0. The van der Waals surface area contributed by atoms with Crippen molar-refractivity contribution in [2.45, 2.75) is 6.42 Å². The van der Waals surface area contributed by atoms with E-state index in [2.05, 4.69) is 4.98 Å². The van der Waals surface area contributed by atoms with Crippen LogP contribution in [0, 0.1) is 5.41 Å². The van der Waals surface area contributed by atoms with Crippen LogP contribution in [0.3, 0.4) is 0 Å². The van der Waals surface area contributed by atoms with Crippen molar-refractivity contribution in [2.75, 3.05) is 33.5 Å². The second kappa shape index (κ2) is 8.43. The number of amidine groups is 1. The SMILES string of the molecule is COCCCOCCOc1ccnc(C(=N)N)c1. The van der Waals surface area contributed by atoms with E-state index >= 15 is 0 Å². The number of aromatic nitrogens is 1. The van der Waals surface area contributed by atoms with Crippen LogP contribution in [0.1, 0.15) is 12.1 Å². The molecule has 3 N–H and O–H groups in total. The third-order valence-corrected chi connectivity index (χ3v) is 2.14. The molecular formula is C12H19N3O3. The highest BCUT2D eigenvalue weighted by Crippen LogP contribution is 2.10. The average Bonchev–Trinajstić information content (AvgIpc) is 2.38. The maximum atomic E-state index is 7.26. The molecule has 0 unspecified atom stereocenters. The Morgan fingerprint density at radius 2 is 2.17 bits per heavy atom. The monoisotopic (exact) mass is 253 g/mol. The van der Waals surface area contributed by atoms with Crippen LogP contribution >= 0.6 is 0 Å². The molecule has 6 heteroatoms. The third-order valence-electron chi connectivity index (χ3n) is 2.14. The van der Waals surface area contributed by atoms with Gasteiger partial charge in [-0.25, -0.2) is 0 Å². The first-order chi connectivity index (χ1) is 8.74. The molecule has 18 heavy (non-hydrogen) atoms. The lowest BCUT2D eigenvalue weighted by molar-refractivity contribution is 0.0806. The van der Waals surface area contributed by atoms with Crippen LogP contribution in [0.25, 0.3) is 0 Å². The molecule has 0 aliphatic carbocycles. The van der Waals surface area contributed by atoms with Crippen molar-refractivity contribution >= 4 is 5.84 Å². The van der Waals surface area contributed by atoms with Gasteiger partial charge in [-0.1, -0.05) is 0 Å². The molecule has 0 aliphatic heterocycles. The average molecular weight is 253 g/mol. The summed E-state index contributed by atoms with van der Waals surface area (Å²) in [5.74, 6) is 0.562. The number of rotatable bonds is 9. The Balaban J connectivity index is 2.19. The van der Waals surface area contributed by atoms with Crippen LogP contribution in [0.4, 0.5) is 0 Å². The minimum atomic E-state index is -0.0729. The lowest BCUT2D eigenvalue weighted by atomic mass is 10.3. The molecule has 1 rings (SSSR count). The fourth-order valence-electron chi connectivity index (χ4n) is 1.27. The number of methoxy groups -OCH3 is 1. The number of nitrogens with one attached hydrogen (secondary N) is 1. The first kappa shape index (κ1) is 14.4. The molecule has 0 aliphatic rings. The summed E-state index contributed by atoms with van der Waals surface area (Å²) in [5.41, 5.74) is 5.74. The highest BCUT2D eigenvalue weighted by Gasteiger charge is 2.00. The molecule has 1 aromatic rings. The van der Waals surface area contributed by atoms with Crippen molar-refractivity contribution < 1.29 is 14.2 Å². The fourth-order valence-corrected chi connectivity index (χ4v) is 1.27. The van der Waals surface area contributed by atoms with Crippen LogP contribution in [0.2, 0.25) is 0 Å². The van der Waals surface area contributed by atoms with E-state index in [4.69, 9.17) is 25.4 Å². The van der Waals surface area contributed by atoms with Gasteiger partial charge in [-0.15, -0.1) is 0 Å². The molecule has 0 saturated carbocycles. The van der Waals surface area contributed by atoms with Gasteiger partial charge in [0.2, 0.25) is 0 Å². The predicted molar refractivity (Wildman–Crippen MR) is 68.1 cm³/mol. The normalized spacial score (nSPS) is 10.3. The minimum Gasteiger partial charge on any atom is -0.491 e. The largest absolute Gasteiger partial charge is 0.491 e. The van der Waals surface area contributed by atoms with Gasteiger partial charge in [0.15, 0.2) is 0 Å². The summed E-state index contributed by atoms with van der Waals surface area (Å²) in [6.07, 6.45) is 2.44. The molecule has 0 radical (unpaired) electrons. The first-order valence-corrected chi connectivity index (χ1v) is 5.74. The second-order valence-electron chi connectivity index (χ2n) is 3.60. The van der Waals surface area contributed by atoms with E-state index in [1.54, 1.807) is 25.4 Å². The van der Waals surface area contributed by atoms with Crippen molar-refractivity contribution in [3.05, 3.63) is 24.0 Å². The van der Waals surface area contributed by atoms with Gasteiger partial charge in [-0.3, -0.25) is 10.4 Å². The van der Waals surface area contributed by atoms with Gasteiger partial charge in [-0.2, -0.15) is 0 Å². The molecule has 1 heterocycles. The van der Waals surface area contributed by atoms with E-state index in [0.717, 1.165) is 6.42 Å². The van der Waals surface area contributed by atoms with Gasteiger partial charge in [-0.05, 0) is 12.5 Å². The van der Waals surface area contributed by atoms with Crippen molar-refractivity contribution in [2.24, 2.45) is 5.73 Å². The molecule has 0 atom stereocenters. The molecule has 100 valence electrons. The zero-order chi connectivity index (χ0) is 13.2. The number of nitrogens with two attached hydrogens (primary N) is 1. The molecular weight excluding hydrogens is 234 g/mol. The quantitative estimate of drug-likeness (QED) is 0.386. The summed E-state index contributed by atoms with van der Waals surface area (Å²) in [4.78, 5) is 3.94. The molecule has 0 amide bonds. The highest BCUT2D eigenvalue weighted by atomic mass is 16.5. The molecule has 0 saturated heterocycles. The number of ether oxygens (including phenoxy) is 3. The van der Waals surface area contributed by atoms with E-state index in [1.165, 1.54) is 0 Å². The summed E-state index contributed by atoms with van der Waals surface area (Å²) in [5, 5.41) is 7.26. The van der Waals surface area contributed by atoms with E-state index in [-0.39, 0.29) is 5.84 Å². The van der Waals surface area contributed by atoms with Crippen LogP contribution in [0.15, 0.2) is 18.3 Å². The molecule has 0 spiro atoms. The minimum absolute atomic E-state index is 0.0729. The first-order valence-electron chi connectivity index (χ1n) is 5.74. The van der Waals surface area contributed by atoms with Gasteiger partial charge < -0.3 is 19.9 Å². The Labute approximate surface area is 107 Å². The van der Waals surface area contributed by atoms with Crippen LogP contribution < -0.4 is 10.5 Å². The number of hydrogen-bond acceptors (Lipinski definition) is 5. The zero-order valence-corrected chi connectivity index (χ0v) is 10.5. The van der Waals surface area contributed by atoms with Crippen LogP contribution in [0.5, 0.6) is 5.75 Å². The fraction of sp³-hybridized carbons (Fsp3) is 0.500. The maximum Gasteiger partial charge on any atom is 0.141 e. The van der Waals surface area contributed by atoms with Gasteiger partial charge in [0.05, 0.1) is 6.61 Å². The summed E-state index contributed by atoms with van der Waals surface area (Å²) in [6.45, 7) is 2.33.